The first-order chi connectivity index (χ1) is 24.9. The normalized spacial score (nSPS) is 13.7. The van der Waals surface area contributed by atoms with E-state index in [2.05, 4.69) is 70.7 Å². The fraction of sp³-hybridized carbons (Fsp3) is 0.227. The van der Waals surface area contributed by atoms with Crippen LogP contribution in [0.2, 0.25) is 17.3 Å². The fourth-order valence-corrected chi connectivity index (χ4v) is 9.46. The second-order valence-corrected chi connectivity index (χ2v) is 24.7. The second kappa shape index (κ2) is 15.0. The summed E-state index contributed by atoms with van der Waals surface area (Å²) in [5.74, 6) is 7.20. The summed E-state index contributed by atoms with van der Waals surface area (Å²) < 4.78 is 49.3. The van der Waals surface area contributed by atoms with Gasteiger partial charge in [-0.1, -0.05) is 85.8 Å². The van der Waals surface area contributed by atoms with Gasteiger partial charge in [0.25, 0.3) is 0 Å². The molecule has 0 aliphatic rings. The molecule has 0 bridgehead atoms. The zero-order chi connectivity index (χ0) is 38.3. The number of nitrogens with zero attached hydrogens (tertiary/aromatic N) is 2. The predicted octanol–water partition coefficient (Wildman–Crippen LogP) is 11.4. The van der Waals surface area contributed by atoms with Crippen molar-refractivity contribution in [1.29, 1.82) is 0 Å². The minimum atomic E-state index is -2.50. The minimum absolute atomic E-state index is 0. The molecule has 0 amide bonds. The molecule has 0 fully saturated rings. The zero-order valence-corrected chi connectivity index (χ0v) is 33.5. The third kappa shape index (κ3) is 8.49. The van der Waals surface area contributed by atoms with Crippen molar-refractivity contribution in [1.82, 2.24) is 9.97 Å². The molecule has 0 aliphatic heterocycles. The van der Waals surface area contributed by atoms with Gasteiger partial charge in [0.15, 0.2) is 0 Å². The number of pyridine rings is 2. The Morgan fingerprint density at radius 2 is 1.53 bits per heavy atom. The van der Waals surface area contributed by atoms with Crippen LogP contribution in [0.15, 0.2) is 114 Å². The van der Waals surface area contributed by atoms with Gasteiger partial charge in [-0.05, 0) is 47.1 Å². The summed E-state index contributed by atoms with van der Waals surface area (Å²) in [6.45, 7) is 4.97. The molecule has 7 rings (SSSR count). The van der Waals surface area contributed by atoms with Crippen molar-refractivity contribution in [2.45, 2.75) is 58.2 Å². The first-order valence-electron chi connectivity index (χ1n) is 18.7. The van der Waals surface area contributed by atoms with Crippen LogP contribution < -0.4 is 4.40 Å². The third-order valence-electron chi connectivity index (χ3n) is 8.11. The number of aromatic nitrogens is 2. The molecule has 0 N–H and O–H groups in total. The SMILES string of the molecule is Cc1cc(-c2[c-]cccc2)nc[c]1[Ge]([CH3])([CH3])[CH3].[2H]C([2H])([2H])c1cnc(-c2[c-]ccc3c2oc2cc(-c4ccccc4)ccc23)cc1C([2H])([2H])C(C)(C)C.[Ir]. The zero-order valence-electron chi connectivity index (χ0n) is 34.0. The van der Waals surface area contributed by atoms with E-state index in [1.165, 1.54) is 16.2 Å². The molecule has 0 atom stereocenters. The van der Waals surface area contributed by atoms with Crippen LogP contribution in [0.5, 0.6) is 0 Å². The van der Waals surface area contributed by atoms with Crippen LogP contribution in [0.1, 0.15) is 44.3 Å². The van der Waals surface area contributed by atoms with E-state index >= 15 is 0 Å². The van der Waals surface area contributed by atoms with Gasteiger partial charge in [-0.25, -0.2) is 0 Å². The maximum Gasteiger partial charge on any atom is 0.121 e. The summed E-state index contributed by atoms with van der Waals surface area (Å²) in [6, 6.07) is 38.0. The third-order valence-corrected chi connectivity index (χ3v) is 12.6. The average Bonchev–Trinajstić information content (AvgIpc) is 3.49. The summed E-state index contributed by atoms with van der Waals surface area (Å²) in [4.78, 5) is 9.03. The monoisotopic (exact) mass is 888 g/mol. The van der Waals surface area contributed by atoms with Gasteiger partial charge in [-0.2, -0.15) is 0 Å². The van der Waals surface area contributed by atoms with Crippen LogP contribution in [0.3, 0.4) is 0 Å². The second-order valence-electron chi connectivity index (χ2n) is 14.2. The van der Waals surface area contributed by atoms with Gasteiger partial charge in [0, 0.05) is 38.5 Å². The maximum absolute atomic E-state index is 8.81. The van der Waals surface area contributed by atoms with Crippen LogP contribution >= 0.6 is 0 Å². The Morgan fingerprint density at radius 1 is 0.776 bits per heavy atom. The quantitative estimate of drug-likeness (QED) is 0.128. The van der Waals surface area contributed by atoms with Crippen LogP contribution in [0, 0.1) is 31.3 Å². The van der Waals surface area contributed by atoms with E-state index < -0.39 is 31.9 Å². The van der Waals surface area contributed by atoms with Gasteiger partial charge >= 0.3 is 106 Å². The number of hydrogen-bond acceptors (Lipinski definition) is 3. The van der Waals surface area contributed by atoms with Gasteiger partial charge in [-0.3, -0.25) is 0 Å². The Hall–Kier alpha value is -3.83. The topological polar surface area (TPSA) is 38.9 Å². The molecule has 49 heavy (non-hydrogen) atoms. The Labute approximate surface area is 315 Å². The molecular formula is C44H44GeIrN2O-2. The van der Waals surface area contributed by atoms with Crippen molar-refractivity contribution in [3.8, 4) is 33.6 Å². The Morgan fingerprint density at radius 3 is 2.20 bits per heavy atom. The minimum Gasteiger partial charge on any atom is -0.501 e. The summed E-state index contributed by atoms with van der Waals surface area (Å²) in [5, 5.41) is 1.84. The molecule has 0 saturated heterocycles. The number of fused-ring (bicyclic) bond motifs is 3. The van der Waals surface area contributed by atoms with Crippen molar-refractivity contribution in [2.75, 3.05) is 0 Å². The summed E-state index contributed by atoms with van der Waals surface area (Å²) in [5.41, 5.74) is 7.05. The summed E-state index contributed by atoms with van der Waals surface area (Å²) in [7, 11) is 0. The van der Waals surface area contributed by atoms with Crippen LogP contribution in [0.25, 0.3) is 55.6 Å². The van der Waals surface area contributed by atoms with Crippen molar-refractivity contribution in [2.24, 2.45) is 5.41 Å². The van der Waals surface area contributed by atoms with Crippen molar-refractivity contribution >= 4 is 39.6 Å². The molecule has 0 spiro atoms. The predicted molar refractivity (Wildman–Crippen MR) is 205 cm³/mol. The molecule has 1 radical (unpaired) electrons. The molecule has 4 aromatic carbocycles. The molecule has 3 nitrogen and oxygen atoms in total. The van der Waals surface area contributed by atoms with E-state index in [1.807, 2.05) is 66.7 Å². The first-order valence-corrected chi connectivity index (χ1v) is 23.6. The molecule has 0 saturated carbocycles. The van der Waals surface area contributed by atoms with Crippen LogP contribution in [-0.2, 0) is 26.5 Å². The maximum atomic E-state index is 8.81. The number of rotatable bonds is 5. The Bertz CT molecular complexity index is 2400. The van der Waals surface area contributed by atoms with E-state index in [0.29, 0.717) is 16.8 Å². The number of hydrogen-bond donors (Lipinski definition) is 0. The largest absolute Gasteiger partial charge is 0.501 e. The Balaban J connectivity index is 0.000000262. The average molecular weight is 887 g/mol. The van der Waals surface area contributed by atoms with Crippen molar-refractivity contribution in [3.63, 3.8) is 0 Å². The Kier molecular flexibility index (Phi) is 9.17. The van der Waals surface area contributed by atoms with Gasteiger partial charge < -0.3 is 9.40 Å². The van der Waals surface area contributed by atoms with E-state index in [4.69, 9.17) is 11.3 Å². The van der Waals surface area contributed by atoms with E-state index in [9.17, 15) is 0 Å². The van der Waals surface area contributed by atoms with Gasteiger partial charge in [0.1, 0.15) is 5.58 Å². The fourth-order valence-electron chi connectivity index (χ4n) is 5.88. The van der Waals surface area contributed by atoms with Crippen molar-refractivity contribution < 1.29 is 31.4 Å². The smallest absolute Gasteiger partial charge is 0.121 e. The van der Waals surface area contributed by atoms with Crippen molar-refractivity contribution in [3.05, 3.63) is 138 Å². The molecular weight excluding hydrogens is 837 g/mol. The molecule has 251 valence electrons. The van der Waals surface area contributed by atoms with E-state index in [1.54, 1.807) is 32.9 Å². The number of aryl methyl sites for hydroxylation is 2. The van der Waals surface area contributed by atoms with E-state index in [-0.39, 0.29) is 31.2 Å². The number of benzene rings is 4. The molecule has 3 heterocycles. The standard InChI is InChI=1S/C29H26NO.C15H18GeN.Ir/c1-19-18-30-26(15-22(19)17-29(2,3)4)25-12-8-11-24-23-14-13-21(16-27(23)31-28(24)25)20-9-6-5-7-10-20;1-12-10-15(13-8-6-5-7-9-13)17-11-14(12)16(2,3)4;/h5-11,13-16,18H,17H2,1-4H3;5-8,10-11H,1-4H3;/q2*-1;/i1D3,17D2;;. The molecule has 0 aliphatic carbocycles. The van der Waals surface area contributed by atoms with Crippen LogP contribution in [-0.4, -0.2) is 23.2 Å². The molecule has 3 aromatic heterocycles. The van der Waals surface area contributed by atoms with E-state index in [0.717, 1.165) is 38.7 Å². The van der Waals surface area contributed by atoms with Gasteiger partial charge in [0.2, 0.25) is 0 Å². The van der Waals surface area contributed by atoms with Gasteiger partial charge in [0.05, 0.1) is 5.58 Å². The molecule has 0 unspecified atom stereocenters. The molecule has 7 aromatic rings. The summed E-state index contributed by atoms with van der Waals surface area (Å²) in [6.07, 6.45) is 1.43. The first kappa shape index (κ1) is 30.0. The number of furan rings is 1. The van der Waals surface area contributed by atoms with Crippen LogP contribution in [0.4, 0.5) is 0 Å². The molecule has 5 heteroatoms. The summed E-state index contributed by atoms with van der Waals surface area (Å²) >= 11 is -1.77. The van der Waals surface area contributed by atoms with Gasteiger partial charge in [-0.15, -0.1) is 18.2 Å².